The standard InChI is InChI=1S/C24H30Cl2N2O2/c1-5-9-22(29)28(16-18-12-13-19(25)20(26)14-18)21(23(30)27-24(2,3)4)15-17-10-7-6-8-11-17/h6-8,10-14,21H,5,9,15-16H2,1-4H3,(H,27,30)/t21-/m1/s1. The van der Waals surface area contributed by atoms with E-state index in [4.69, 9.17) is 23.2 Å². The van der Waals surface area contributed by atoms with Crippen LogP contribution in [0.2, 0.25) is 10.0 Å². The highest BCUT2D eigenvalue weighted by Crippen LogP contribution is 2.24. The van der Waals surface area contributed by atoms with Crippen LogP contribution in [0.1, 0.15) is 51.7 Å². The Labute approximate surface area is 189 Å². The van der Waals surface area contributed by atoms with Crippen molar-refractivity contribution in [2.75, 3.05) is 0 Å². The minimum atomic E-state index is -0.639. The van der Waals surface area contributed by atoms with Gasteiger partial charge in [-0.05, 0) is 50.5 Å². The molecule has 0 bridgehead atoms. The SMILES string of the molecule is CCCC(=O)N(Cc1ccc(Cl)c(Cl)c1)[C@H](Cc1ccccc1)C(=O)NC(C)(C)C. The molecule has 1 atom stereocenters. The largest absolute Gasteiger partial charge is 0.350 e. The Balaban J connectivity index is 2.42. The lowest BCUT2D eigenvalue weighted by Gasteiger charge is -2.34. The van der Waals surface area contributed by atoms with Crippen molar-refractivity contribution in [1.82, 2.24) is 10.2 Å². The molecule has 0 aliphatic carbocycles. The molecule has 0 radical (unpaired) electrons. The van der Waals surface area contributed by atoms with Crippen molar-refractivity contribution in [3.05, 3.63) is 69.7 Å². The van der Waals surface area contributed by atoms with Gasteiger partial charge < -0.3 is 10.2 Å². The van der Waals surface area contributed by atoms with Gasteiger partial charge in [0.15, 0.2) is 0 Å². The molecule has 0 spiro atoms. The van der Waals surface area contributed by atoms with Gasteiger partial charge in [0.25, 0.3) is 0 Å². The van der Waals surface area contributed by atoms with E-state index >= 15 is 0 Å². The molecular weight excluding hydrogens is 419 g/mol. The van der Waals surface area contributed by atoms with Gasteiger partial charge in [-0.25, -0.2) is 0 Å². The third kappa shape index (κ3) is 7.33. The molecule has 2 aromatic rings. The summed E-state index contributed by atoms with van der Waals surface area (Å²) in [6.07, 6.45) is 1.50. The lowest BCUT2D eigenvalue weighted by atomic mass is 10.00. The van der Waals surface area contributed by atoms with E-state index in [1.54, 1.807) is 17.0 Å². The topological polar surface area (TPSA) is 49.4 Å². The van der Waals surface area contributed by atoms with Gasteiger partial charge in [-0.1, -0.05) is 66.5 Å². The fourth-order valence-electron chi connectivity index (χ4n) is 3.20. The molecule has 0 heterocycles. The van der Waals surface area contributed by atoms with E-state index in [2.05, 4.69) is 5.32 Å². The highest BCUT2D eigenvalue weighted by Gasteiger charge is 2.31. The summed E-state index contributed by atoms with van der Waals surface area (Å²) in [4.78, 5) is 28.0. The van der Waals surface area contributed by atoms with Crippen molar-refractivity contribution < 1.29 is 9.59 Å². The quantitative estimate of drug-likeness (QED) is 0.566. The second kappa shape index (κ2) is 10.8. The van der Waals surface area contributed by atoms with Crippen LogP contribution in [-0.2, 0) is 22.6 Å². The molecule has 1 N–H and O–H groups in total. The molecule has 2 amide bonds. The highest BCUT2D eigenvalue weighted by molar-refractivity contribution is 6.42. The summed E-state index contributed by atoms with van der Waals surface area (Å²) < 4.78 is 0. The number of nitrogens with one attached hydrogen (secondary N) is 1. The van der Waals surface area contributed by atoms with E-state index in [-0.39, 0.29) is 18.4 Å². The predicted octanol–water partition coefficient (Wildman–Crippen LogP) is 5.65. The van der Waals surface area contributed by atoms with Gasteiger partial charge in [0.2, 0.25) is 11.8 Å². The van der Waals surface area contributed by atoms with Crippen molar-refractivity contribution in [2.45, 2.75) is 65.1 Å². The van der Waals surface area contributed by atoms with E-state index in [0.717, 1.165) is 11.1 Å². The normalized spacial score (nSPS) is 12.3. The van der Waals surface area contributed by atoms with Crippen molar-refractivity contribution >= 4 is 35.0 Å². The molecular formula is C24H30Cl2N2O2. The number of hydrogen-bond acceptors (Lipinski definition) is 2. The Morgan fingerprint density at radius 1 is 1.00 bits per heavy atom. The van der Waals surface area contributed by atoms with Gasteiger partial charge >= 0.3 is 0 Å². The minimum Gasteiger partial charge on any atom is -0.350 e. The molecule has 2 aromatic carbocycles. The summed E-state index contributed by atoms with van der Waals surface area (Å²) >= 11 is 12.2. The molecule has 0 aliphatic heterocycles. The molecule has 0 aromatic heterocycles. The smallest absolute Gasteiger partial charge is 0.243 e. The highest BCUT2D eigenvalue weighted by atomic mass is 35.5. The maximum absolute atomic E-state index is 13.3. The second-order valence-corrected chi connectivity index (χ2v) is 9.28. The summed E-state index contributed by atoms with van der Waals surface area (Å²) in [6, 6.07) is 14.4. The molecule has 30 heavy (non-hydrogen) atoms. The van der Waals surface area contributed by atoms with Gasteiger partial charge in [-0.3, -0.25) is 9.59 Å². The number of rotatable bonds is 8. The number of carbonyl (C=O) groups is 2. The number of carbonyl (C=O) groups excluding carboxylic acids is 2. The van der Waals surface area contributed by atoms with Crippen LogP contribution in [0.15, 0.2) is 48.5 Å². The zero-order chi connectivity index (χ0) is 22.3. The summed E-state index contributed by atoms with van der Waals surface area (Å²) in [5.41, 5.74) is 1.42. The Bertz CT molecular complexity index is 863. The molecule has 0 fully saturated rings. The Morgan fingerprint density at radius 2 is 1.67 bits per heavy atom. The van der Waals surface area contributed by atoms with Crippen LogP contribution in [0.25, 0.3) is 0 Å². The fraction of sp³-hybridized carbons (Fsp3) is 0.417. The van der Waals surface area contributed by atoms with Gasteiger partial charge in [-0.2, -0.15) is 0 Å². The van der Waals surface area contributed by atoms with Crippen LogP contribution in [0.4, 0.5) is 0 Å². The first-order chi connectivity index (χ1) is 14.1. The summed E-state index contributed by atoms with van der Waals surface area (Å²) in [5, 5.41) is 3.93. The Kier molecular flexibility index (Phi) is 8.75. The zero-order valence-corrected chi connectivity index (χ0v) is 19.6. The molecule has 4 nitrogen and oxygen atoms in total. The maximum atomic E-state index is 13.3. The van der Waals surface area contributed by atoms with E-state index < -0.39 is 11.6 Å². The molecule has 0 aliphatic rings. The molecule has 0 saturated heterocycles. The number of benzene rings is 2. The molecule has 162 valence electrons. The van der Waals surface area contributed by atoms with Crippen LogP contribution >= 0.6 is 23.2 Å². The number of amides is 2. The van der Waals surface area contributed by atoms with E-state index in [1.165, 1.54) is 0 Å². The Hall–Kier alpha value is -2.04. The van der Waals surface area contributed by atoms with Gasteiger partial charge in [0.1, 0.15) is 6.04 Å². The van der Waals surface area contributed by atoms with Crippen LogP contribution in [0.3, 0.4) is 0 Å². The van der Waals surface area contributed by atoms with Crippen LogP contribution < -0.4 is 5.32 Å². The van der Waals surface area contributed by atoms with Crippen LogP contribution in [0, 0.1) is 0 Å². The molecule has 0 unspecified atom stereocenters. The average molecular weight is 449 g/mol. The van der Waals surface area contributed by atoms with E-state index in [1.807, 2.05) is 64.1 Å². The van der Waals surface area contributed by atoms with Gasteiger partial charge in [0, 0.05) is 24.9 Å². The van der Waals surface area contributed by atoms with E-state index in [9.17, 15) is 9.59 Å². The van der Waals surface area contributed by atoms with Crippen molar-refractivity contribution in [2.24, 2.45) is 0 Å². The summed E-state index contributed by atoms with van der Waals surface area (Å²) in [7, 11) is 0. The first-order valence-corrected chi connectivity index (χ1v) is 11.0. The number of hydrogen-bond donors (Lipinski definition) is 1. The first-order valence-electron chi connectivity index (χ1n) is 10.2. The average Bonchev–Trinajstić information content (AvgIpc) is 2.67. The lowest BCUT2D eigenvalue weighted by molar-refractivity contribution is -0.142. The zero-order valence-electron chi connectivity index (χ0n) is 18.0. The van der Waals surface area contributed by atoms with Crippen LogP contribution in [-0.4, -0.2) is 28.3 Å². The molecule has 0 saturated carbocycles. The number of nitrogens with zero attached hydrogens (tertiary/aromatic N) is 1. The lowest BCUT2D eigenvalue weighted by Crippen LogP contribution is -2.54. The van der Waals surface area contributed by atoms with E-state index in [0.29, 0.717) is 29.3 Å². The van der Waals surface area contributed by atoms with Crippen molar-refractivity contribution in [1.29, 1.82) is 0 Å². The molecule has 2 rings (SSSR count). The maximum Gasteiger partial charge on any atom is 0.243 e. The summed E-state index contributed by atoms with van der Waals surface area (Å²) in [6.45, 7) is 8.03. The fourth-order valence-corrected chi connectivity index (χ4v) is 3.52. The monoisotopic (exact) mass is 448 g/mol. The van der Waals surface area contributed by atoms with Gasteiger partial charge in [0.05, 0.1) is 10.0 Å². The van der Waals surface area contributed by atoms with Crippen LogP contribution in [0.5, 0.6) is 0 Å². The first kappa shape index (κ1) is 24.2. The second-order valence-electron chi connectivity index (χ2n) is 8.46. The molecule has 6 heteroatoms. The van der Waals surface area contributed by atoms with Crippen molar-refractivity contribution in [3.63, 3.8) is 0 Å². The minimum absolute atomic E-state index is 0.0615. The summed E-state index contributed by atoms with van der Waals surface area (Å²) in [5.74, 6) is -0.232. The Morgan fingerprint density at radius 3 is 2.23 bits per heavy atom. The third-order valence-electron chi connectivity index (χ3n) is 4.57. The predicted molar refractivity (Wildman–Crippen MR) is 124 cm³/mol. The number of halogens is 2. The van der Waals surface area contributed by atoms with Gasteiger partial charge in [-0.15, -0.1) is 0 Å². The third-order valence-corrected chi connectivity index (χ3v) is 5.31. The van der Waals surface area contributed by atoms with Crippen molar-refractivity contribution in [3.8, 4) is 0 Å².